The molecule has 2 rings (SSSR count). The molecule has 0 heterocycles. The van der Waals surface area contributed by atoms with Crippen LogP contribution in [0.5, 0.6) is 5.75 Å². The van der Waals surface area contributed by atoms with E-state index in [2.05, 4.69) is 15.9 Å². The average molecular weight is 355 g/mol. The van der Waals surface area contributed by atoms with E-state index in [1.165, 1.54) is 19.3 Å². The molecule has 1 aliphatic carbocycles. The molecule has 0 bridgehead atoms. The van der Waals surface area contributed by atoms with Crippen molar-refractivity contribution in [3.63, 3.8) is 0 Å². The van der Waals surface area contributed by atoms with Gasteiger partial charge in [-0.25, -0.2) is 0 Å². The van der Waals surface area contributed by atoms with Crippen molar-refractivity contribution in [2.45, 2.75) is 38.1 Å². The van der Waals surface area contributed by atoms with Gasteiger partial charge in [-0.05, 0) is 30.9 Å². The van der Waals surface area contributed by atoms with Crippen LogP contribution in [0.15, 0.2) is 16.6 Å². The van der Waals surface area contributed by atoms with Crippen LogP contribution in [0.1, 0.15) is 43.7 Å². The Hall–Kier alpha value is 0.0400. The van der Waals surface area contributed by atoms with Crippen LogP contribution in [0.4, 0.5) is 0 Å². The van der Waals surface area contributed by atoms with Gasteiger partial charge >= 0.3 is 0 Å². The van der Waals surface area contributed by atoms with Gasteiger partial charge in [-0.15, -0.1) is 12.4 Å². The zero-order chi connectivity index (χ0) is 12.4. The maximum Gasteiger partial charge on any atom is 0.140 e. The molecular weight excluding hydrogens is 337 g/mol. The van der Waals surface area contributed by atoms with E-state index >= 15 is 0 Å². The molecule has 0 radical (unpaired) electrons. The van der Waals surface area contributed by atoms with Crippen molar-refractivity contribution >= 4 is 39.9 Å². The van der Waals surface area contributed by atoms with E-state index in [9.17, 15) is 5.11 Å². The Balaban J connectivity index is 0.00000162. The first-order chi connectivity index (χ1) is 8.11. The minimum absolute atomic E-state index is 0. The molecule has 0 saturated heterocycles. The Labute approximate surface area is 127 Å². The molecular formula is C13H18BrCl2NO. The van der Waals surface area contributed by atoms with Crippen LogP contribution in [0.25, 0.3) is 0 Å². The molecule has 1 aromatic rings. The SMILES string of the molecule is Cl.N[C@@H](c1c(Br)ccc(Cl)c1O)C1CCCCC1. The number of hydrogen-bond acceptors (Lipinski definition) is 2. The van der Waals surface area contributed by atoms with Crippen molar-refractivity contribution in [1.29, 1.82) is 0 Å². The lowest BCUT2D eigenvalue weighted by atomic mass is 9.81. The van der Waals surface area contributed by atoms with Gasteiger partial charge in [-0.1, -0.05) is 46.8 Å². The number of phenols is 1. The quantitative estimate of drug-likeness (QED) is 0.800. The predicted octanol–water partition coefficient (Wildman–Crippen LogP) is 4.81. The molecule has 0 amide bonds. The van der Waals surface area contributed by atoms with E-state index in [4.69, 9.17) is 17.3 Å². The van der Waals surface area contributed by atoms with Crippen LogP contribution in [0, 0.1) is 5.92 Å². The van der Waals surface area contributed by atoms with Crippen LogP contribution in [0.3, 0.4) is 0 Å². The van der Waals surface area contributed by atoms with Crippen molar-refractivity contribution < 1.29 is 5.11 Å². The Morgan fingerprint density at radius 2 is 1.89 bits per heavy atom. The summed E-state index contributed by atoms with van der Waals surface area (Å²) in [7, 11) is 0. The molecule has 1 aliphatic rings. The molecule has 0 aliphatic heterocycles. The summed E-state index contributed by atoms with van der Waals surface area (Å²) in [6, 6.07) is 3.39. The molecule has 1 atom stereocenters. The van der Waals surface area contributed by atoms with E-state index in [0.717, 1.165) is 22.9 Å². The number of nitrogens with two attached hydrogens (primary N) is 1. The highest BCUT2D eigenvalue weighted by Gasteiger charge is 2.26. The van der Waals surface area contributed by atoms with E-state index in [1.807, 2.05) is 6.07 Å². The zero-order valence-corrected chi connectivity index (χ0v) is 13.2. The zero-order valence-electron chi connectivity index (χ0n) is 10.0. The number of rotatable bonds is 2. The van der Waals surface area contributed by atoms with E-state index in [0.29, 0.717) is 10.9 Å². The number of halogens is 3. The van der Waals surface area contributed by atoms with E-state index < -0.39 is 0 Å². The summed E-state index contributed by atoms with van der Waals surface area (Å²) >= 11 is 9.39. The second-order valence-corrected chi connectivity index (χ2v) is 5.98. The molecule has 1 saturated carbocycles. The second kappa shape index (κ2) is 6.99. The largest absolute Gasteiger partial charge is 0.506 e. The topological polar surface area (TPSA) is 46.2 Å². The normalized spacial score (nSPS) is 18.2. The van der Waals surface area contributed by atoms with Crippen LogP contribution in [-0.4, -0.2) is 5.11 Å². The minimum atomic E-state index is -0.136. The molecule has 1 aromatic carbocycles. The lowest BCUT2D eigenvalue weighted by molar-refractivity contribution is 0.302. The van der Waals surface area contributed by atoms with Crippen molar-refractivity contribution in [1.82, 2.24) is 0 Å². The molecule has 2 nitrogen and oxygen atoms in total. The van der Waals surface area contributed by atoms with Crippen molar-refractivity contribution in [3.05, 3.63) is 27.2 Å². The van der Waals surface area contributed by atoms with Crippen LogP contribution in [-0.2, 0) is 0 Å². The number of hydrogen-bond donors (Lipinski definition) is 2. The van der Waals surface area contributed by atoms with Crippen LogP contribution in [0.2, 0.25) is 5.02 Å². The van der Waals surface area contributed by atoms with Gasteiger partial charge in [-0.2, -0.15) is 0 Å². The fourth-order valence-corrected chi connectivity index (χ4v) is 3.35. The number of benzene rings is 1. The van der Waals surface area contributed by atoms with Gasteiger partial charge in [0.05, 0.1) is 5.02 Å². The first-order valence-electron chi connectivity index (χ1n) is 6.03. The van der Waals surface area contributed by atoms with Gasteiger partial charge in [0, 0.05) is 16.1 Å². The van der Waals surface area contributed by atoms with Gasteiger partial charge in [0.2, 0.25) is 0 Å². The maximum absolute atomic E-state index is 10.0. The van der Waals surface area contributed by atoms with Crippen molar-refractivity contribution in [2.75, 3.05) is 0 Å². The van der Waals surface area contributed by atoms with Crippen LogP contribution >= 0.6 is 39.9 Å². The van der Waals surface area contributed by atoms with Crippen molar-refractivity contribution in [3.8, 4) is 5.75 Å². The molecule has 5 heteroatoms. The van der Waals surface area contributed by atoms with Gasteiger partial charge in [0.25, 0.3) is 0 Å². The van der Waals surface area contributed by atoms with Gasteiger partial charge in [0.15, 0.2) is 0 Å². The third-order valence-corrected chi connectivity index (χ3v) is 4.60. The van der Waals surface area contributed by atoms with Gasteiger partial charge < -0.3 is 10.8 Å². The summed E-state index contributed by atoms with van der Waals surface area (Å²) in [6.45, 7) is 0. The third-order valence-electron chi connectivity index (χ3n) is 3.61. The van der Waals surface area contributed by atoms with Gasteiger partial charge in [-0.3, -0.25) is 0 Å². The lowest BCUT2D eigenvalue weighted by Gasteiger charge is -2.29. The molecule has 0 aromatic heterocycles. The number of phenolic OH excluding ortho intramolecular Hbond substituents is 1. The number of aromatic hydroxyl groups is 1. The molecule has 1 fully saturated rings. The first kappa shape index (κ1) is 16.1. The van der Waals surface area contributed by atoms with Crippen molar-refractivity contribution in [2.24, 2.45) is 11.7 Å². The van der Waals surface area contributed by atoms with Gasteiger partial charge in [0.1, 0.15) is 5.75 Å². The van der Waals surface area contributed by atoms with E-state index in [1.54, 1.807) is 6.07 Å². The smallest absolute Gasteiger partial charge is 0.140 e. The lowest BCUT2D eigenvalue weighted by Crippen LogP contribution is -2.24. The van der Waals surface area contributed by atoms with E-state index in [-0.39, 0.29) is 24.2 Å². The molecule has 18 heavy (non-hydrogen) atoms. The summed E-state index contributed by atoms with van der Waals surface area (Å²) in [5, 5.41) is 10.4. The first-order valence-corrected chi connectivity index (χ1v) is 7.21. The molecule has 0 unspecified atom stereocenters. The second-order valence-electron chi connectivity index (χ2n) is 4.72. The summed E-state index contributed by atoms with van der Waals surface area (Å²) < 4.78 is 0.845. The monoisotopic (exact) mass is 353 g/mol. The minimum Gasteiger partial charge on any atom is -0.506 e. The standard InChI is InChI=1S/C13H17BrClNO.ClH/c14-9-6-7-10(15)13(17)11(9)12(16)8-4-2-1-3-5-8;/h6-8,12,17H,1-5,16H2;1H/t12-;/m1./s1. The Bertz CT molecular complexity index is 408. The summed E-state index contributed by atoms with van der Waals surface area (Å²) in [5.74, 6) is 0.573. The Morgan fingerprint density at radius 3 is 2.50 bits per heavy atom. The average Bonchev–Trinajstić information content (AvgIpc) is 2.35. The molecule has 102 valence electrons. The highest BCUT2D eigenvalue weighted by atomic mass is 79.9. The summed E-state index contributed by atoms with van der Waals surface area (Å²) in [4.78, 5) is 0. The Kier molecular flexibility index (Phi) is 6.25. The highest BCUT2D eigenvalue weighted by Crippen LogP contribution is 2.42. The molecule has 3 N–H and O–H groups in total. The highest BCUT2D eigenvalue weighted by molar-refractivity contribution is 9.10. The predicted molar refractivity (Wildman–Crippen MR) is 81.6 cm³/mol. The maximum atomic E-state index is 10.0. The molecule has 0 spiro atoms. The van der Waals surface area contributed by atoms with Crippen LogP contribution < -0.4 is 5.73 Å². The summed E-state index contributed by atoms with van der Waals surface area (Å²) in [6.07, 6.45) is 6.04. The fraction of sp³-hybridized carbons (Fsp3) is 0.538. The summed E-state index contributed by atoms with van der Waals surface area (Å²) in [5.41, 5.74) is 7.05. The third kappa shape index (κ3) is 3.32. The Morgan fingerprint density at radius 1 is 1.28 bits per heavy atom. The fourth-order valence-electron chi connectivity index (χ4n) is 2.60.